The van der Waals surface area contributed by atoms with Gasteiger partial charge in [-0.2, -0.15) is 0 Å². The SMILES string of the molecule is COc1ccc(-c2nc3ccc(F)cn3c2N)cc1C(C)C. The minimum Gasteiger partial charge on any atom is -0.496 e. The van der Waals surface area contributed by atoms with Gasteiger partial charge in [0, 0.05) is 11.8 Å². The van der Waals surface area contributed by atoms with Gasteiger partial charge in [0.05, 0.1) is 7.11 Å². The largest absolute Gasteiger partial charge is 0.496 e. The van der Waals surface area contributed by atoms with Crippen molar-refractivity contribution in [2.45, 2.75) is 19.8 Å². The van der Waals surface area contributed by atoms with Crippen LogP contribution in [0.3, 0.4) is 0 Å². The number of hydrogen-bond acceptors (Lipinski definition) is 3. The first-order valence-electron chi connectivity index (χ1n) is 7.12. The van der Waals surface area contributed by atoms with E-state index in [1.54, 1.807) is 17.6 Å². The monoisotopic (exact) mass is 299 g/mol. The number of nitrogens with zero attached hydrogens (tertiary/aromatic N) is 2. The first kappa shape index (κ1) is 14.4. The van der Waals surface area contributed by atoms with Crippen LogP contribution in [0.1, 0.15) is 25.3 Å². The van der Waals surface area contributed by atoms with Gasteiger partial charge < -0.3 is 10.5 Å². The van der Waals surface area contributed by atoms with Gasteiger partial charge in [0.15, 0.2) is 0 Å². The van der Waals surface area contributed by atoms with E-state index < -0.39 is 0 Å². The molecule has 3 aromatic rings. The second-order valence-electron chi connectivity index (χ2n) is 5.53. The highest BCUT2D eigenvalue weighted by Crippen LogP contribution is 2.33. The summed E-state index contributed by atoms with van der Waals surface area (Å²) in [6.07, 6.45) is 1.34. The summed E-state index contributed by atoms with van der Waals surface area (Å²) in [5, 5.41) is 0. The summed E-state index contributed by atoms with van der Waals surface area (Å²) in [4.78, 5) is 4.51. The molecule has 0 atom stereocenters. The van der Waals surface area contributed by atoms with Crippen molar-refractivity contribution in [3.63, 3.8) is 0 Å². The first-order valence-corrected chi connectivity index (χ1v) is 7.12. The topological polar surface area (TPSA) is 52.5 Å². The molecule has 0 amide bonds. The Balaban J connectivity index is 2.19. The highest BCUT2D eigenvalue weighted by Gasteiger charge is 2.15. The number of ether oxygens (including phenoxy) is 1. The fourth-order valence-corrected chi connectivity index (χ4v) is 2.58. The summed E-state index contributed by atoms with van der Waals surface area (Å²) in [5.41, 5.74) is 9.39. The van der Waals surface area contributed by atoms with Gasteiger partial charge in [-0.3, -0.25) is 4.40 Å². The maximum Gasteiger partial charge on any atom is 0.140 e. The molecule has 0 saturated heterocycles. The third-order valence-corrected chi connectivity index (χ3v) is 3.74. The number of anilines is 1. The summed E-state index contributed by atoms with van der Waals surface area (Å²) >= 11 is 0. The van der Waals surface area contributed by atoms with Gasteiger partial charge in [-0.15, -0.1) is 0 Å². The third kappa shape index (κ3) is 2.28. The van der Waals surface area contributed by atoms with Crippen LogP contribution in [0.25, 0.3) is 16.9 Å². The van der Waals surface area contributed by atoms with E-state index in [-0.39, 0.29) is 5.82 Å². The molecule has 0 saturated carbocycles. The van der Waals surface area contributed by atoms with Crippen molar-refractivity contribution in [2.75, 3.05) is 12.8 Å². The number of halogens is 1. The molecule has 0 bridgehead atoms. The Bertz CT molecular complexity index is 839. The lowest BCUT2D eigenvalue weighted by Gasteiger charge is -2.13. The molecule has 0 fully saturated rings. The molecule has 1 aromatic carbocycles. The van der Waals surface area contributed by atoms with E-state index in [2.05, 4.69) is 18.8 Å². The quantitative estimate of drug-likeness (QED) is 0.799. The van der Waals surface area contributed by atoms with E-state index in [4.69, 9.17) is 10.5 Å². The zero-order valence-corrected chi connectivity index (χ0v) is 12.8. The second-order valence-corrected chi connectivity index (χ2v) is 5.53. The van der Waals surface area contributed by atoms with E-state index >= 15 is 0 Å². The zero-order chi connectivity index (χ0) is 15.9. The minimum atomic E-state index is -0.347. The number of pyridine rings is 1. The van der Waals surface area contributed by atoms with Gasteiger partial charge >= 0.3 is 0 Å². The molecule has 0 radical (unpaired) electrons. The van der Waals surface area contributed by atoms with Crippen LogP contribution in [0.5, 0.6) is 5.75 Å². The first-order chi connectivity index (χ1) is 10.5. The highest BCUT2D eigenvalue weighted by molar-refractivity contribution is 5.76. The minimum absolute atomic E-state index is 0.311. The second kappa shape index (κ2) is 5.33. The van der Waals surface area contributed by atoms with Crippen LogP contribution in [-0.2, 0) is 0 Å². The number of aromatic nitrogens is 2. The van der Waals surface area contributed by atoms with Crippen molar-refractivity contribution in [3.05, 3.63) is 47.9 Å². The highest BCUT2D eigenvalue weighted by atomic mass is 19.1. The van der Waals surface area contributed by atoms with Crippen LogP contribution in [0.4, 0.5) is 10.2 Å². The third-order valence-electron chi connectivity index (χ3n) is 3.74. The van der Waals surface area contributed by atoms with Crippen LogP contribution >= 0.6 is 0 Å². The van der Waals surface area contributed by atoms with Gasteiger partial charge in [-0.25, -0.2) is 9.37 Å². The molecular formula is C17H18FN3O. The van der Waals surface area contributed by atoms with E-state index in [0.29, 0.717) is 23.1 Å². The number of nitrogens with two attached hydrogens (primary N) is 1. The van der Waals surface area contributed by atoms with Gasteiger partial charge in [-0.1, -0.05) is 13.8 Å². The average Bonchev–Trinajstić information content (AvgIpc) is 2.83. The van der Waals surface area contributed by atoms with E-state index in [9.17, 15) is 4.39 Å². The summed E-state index contributed by atoms with van der Waals surface area (Å²) in [7, 11) is 1.66. The van der Waals surface area contributed by atoms with Crippen molar-refractivity contribution in [3.8, 4) is 17.0 Å². The number of benzene rings is 1. The Morgan fingerprint density at radius 3 is 2.68 bits per heavy atom. The summed E-state index contributed by atoms with van der Waals surface area (Å²) in [6.45, 7) is 4.20. The lowest BCUT2D eigenvalue weighted by atomic mass is 9.98. The molecule has 2 N–H and O–H groups in total. The van der Waals surface area contributed by atoms with Crippen molar-refractivity contribution >= 4 is 11.5 Å². The predicted octanol–water partition coefficient (Wildman–Crippen LogP) is 3.85. The summed E-state index contributed by atoms with van der Waals surface area (Å²) in [5.74, 6) is 1.23. The van der Waals surface area contributed by atoms with Crippen LogP contribution in [0.2, 0.25) is 0 Å². The predicted molar refractivity (Wildman–Crippen MR) is 85.6 cm³/mol. The molecular weight excluding hydrogens is 281 g/mol. The van der Waals surface area contributed by atoms with Crippen molar-refractivity contribution in [1.82, 2.24) is 9.38 Å². The normalized spacial score (nSPS) is 11.3. The Morgan fingerprint density at radius 1 is 1.23 bits per heavy atom. The van der Waals surface area contributed by atoms with Gasteiger partial charge in [0.2, 0.25) is 0 Å². The zero-order valence-electron chi connectivity index (χ0n) is 12.8. The lowest BCUT2D eigenvalue weighted by Crippen LogP contribution is -1.97. The number of fused-ring (bicyclic) bond motifs is 1. The number of rotatable bonds is 3. The average molecular weight is 299 g/mol. The maximum absolute atomic E-state index is 13.4. The molecule has 0 aliphatic carbocycles. The maximum atomic E-state index is 13.4. The van der Waals surface area contributed by atoms with Crippen LogP contribution in [0.15, 0.2) is 36.5 Å². The Morgan fingerprint density at radius 2 is 2.00 bits per heavy atom. The van der Waals surface area contributed by atoms with Gasteiger partial charge in [0.1, 0.15) is 28.7 Å². The van der Waals surface area contributed by atoms with Crippen molar-refractivity contribution in [1.29, 1.82) is 0 Å². The van der Waals surface area contributed by atoms with Crippen LogP contribution in [0, 0.1) is 5.82 Å². The standard InChI is InChI=1S/C17H18FN3O/c1-10(2)13-8-11(4-6-14(13)22-3)16-17(19)21-9-12(18)5-7-15(21)20-16/h4-10H,19H2,1-3H3. The van der Waals surface area contributed by atoms with E-state index in [1.807, 2.05) is 18.2 Å². The fraction of sp³-hybridized carbons (Fsp3) is 0.235. The molecule has 5 heteroatoms. The molecule has 2 aromatic heterocycles. The van der Waals surface area contributed by atoms with Gasteiger partial charge in [0.25, 0.3) is 0 Å². The molecule has 0 aliphatic rings. The number of hydrogen-bond donors (Lipinski definition) is 1. The Kier molecular flexibility index (Phi) is 3.48. The molecule has 22 heavy (non-hydrogen) atoms. The summed E-state index contributed by atoms with van der Waals surface area (Å²) in [6, 6.07) is 8.84. The molecule has 114 valence electrons. The Labute approximate surface area is 128 Å². The Hall–Kier alpha value is -2.56. The molecule has 0 unspecified atom stereocenters. The number of methoxy groups -OCH3 is 1. The molecule has 0 aliphatic heterocycles. The fourth-order valence-electron chi connectivity index (χ4n) is 2.58. The number of imidazole rings is 1. The molecule has 0 spiro atoms. The molecule has 3 rings (SSSR count). The lowest BCUT2D eigenvalue weighted by molar-refractivity contribution is 0.407. The van der Waals surface area contributed by atoms with Crippen molar-refractivity contribution < 1.29 is 9.13 Å². The molecule has 4 nitrogen and oxygen atoms in total. The van der Waals surface area contributed by atoms with Gasteiger partial charge in [-0.05, 0) is 41.8 Å². The van der Waals surface area contributed by atoms with Crippen LogP contribution < -0.4 is 10.5 Å². The molecule has 2 heterocycles. The van der Waals surface area contributed by atoms with E-state index in [1.165, 1.54) is 12.3 Å². The van der Waals surface area contributed by atoms with Crippen molar-refractivity contribution in [2.24, 2.45) is 0 Å². The smallest absolute Gasteiger partial charge is 0.140 e. The summed E-state index contributed by atoms with van der Waals surface area (Å²) < 4.78 is 20.3. The van der Waals surface area contributed by atoms with E-state index in [0.717, 1.165) is 16.9 Å². The van der Waals surface area contributed by atoms with Crippen LogP contribution in [-0.4, -0.2) is 16.5 Å². The number of nitrogen functional groups attached to an aromatic ring is 1.